The molecule has 23 heavy (non-hydrogen) atoms. The second-order valence-electron chi connectivity index (χ2n) is 7.83. The summed E-state index contributed by atoms with van der Waals surface area (Å²) in [4.78, 5) is 17.3. The van der Waals surface area contributed by atoms with Crippen LogP contribution in [0.3, 0.4) is 0 Å². The van der Waals surface area contributed by atoms with Crippen LogP contribution < -0.4 is 0 Å². The predicted molar refractivity (Wildman–Crippen MR) is 87.7 cm³/mol. The quantitative estimate of drug-likeness (QED) is 0.591. The molecule has 0 aromatic heterocycles. The Morgan fingerprint density at radius 2 is 1.91 bits per heavy atom. The summed E-state index contributed by atoms with van der Waals surface area (Å²) < 4.78 is 5.40. The van der Waals surface area contributed by atoms with E-state index in [2.05, 4.69) is 31.7 Å². The van der Waals surface area contributed by atoms with E-state index in [0.29, 0.717) is 24.8 Å². The van der Waals surface area contributed by atoms with Crippen molar-refractivity contribution in [2.24, 2.45) is 0 Å². The summed E-state index contributed by atoms with van der Waals surface area (Å²) in [6.07, 6.45) is 6.15. The van der Waals surface area contributed by atoms with Crippen molar-refractivity contribution in [1.82, 2.24) is 9.80 Å². The molecule has 5 nitrogen and oxygen atoms in total. The van der Waals surface area contributed by atoms with Gasteiger partial charge in [0.2, 0.25) is 0 Å². The molecule has 0 N–H and O–H groups in total. The van der Waals surface area contributed by atoms with Gasteiger partial charge < -0.3 is 9.64 Å². The number of fused-ring (bicyclic) bond motifs is 2. The molecule has 0 unspecified atom stereocenters. The summed E-state index contributed by atoms with van der Waals surface area (Å²) in [6, 6.07) is 2.50. The molecular formula is C18H27N3O2. The third-order valence-corrected chi connectivity index (χ3v) is 5.87. The third kappa shape index (κ3) is 2.90. The molecule has 0 aromatic carbocycles. The Hall–Kier alpha value is -1.38. The second kappa shape index (κ2) is 5.92. The molecule has 0 aliphatic carbocycles. The zero-order valence-corrected chi connectivity index (χ0v) is 14.5. The standard InChI is InChI=1S/C18H27N3O2/c1-17(2,20-8-10-23-11-9-20)12-14(13-19)16(22)21-15-4-6-18(21,3)7-5-15/h12,15H,4-11H2,1-3H3/b14-12+. The van der Waals surface area contributed by atoms with E-state index >= 15 is 0 Å². The lowest BCUT2D eigenvalue weighted by Gasteiger charge is -2.39. The lowest BCUT2D eigenvalue weighted by Crippen LogP contribution is -2.49. The zero-order valence-electron chi connectivity index (χ0n) is 14.5. The third-order valence-electron chi connectivity index (χ3n) is 5.87. The maximum atomic E-state index is 13.0. The van der Waals surface area contributed by atoms with Crippen molar-refractivity contribution in [2.45, 2.75) is 63.6 Å². The van der Waals surface area contributed by atoms with Crippen LogP contribution in [0.1, 0.15) is 46.5 Å². The number of carbonyl (C=O) groups excluding carboxylic acids is 1. The van der Waals surface area contributed by atoms with Gasteiger partial charge in [-0.15, -0.1) is 0 Å². The minimum Gasteiger partial charge on any atom is -0.379 e. The van der Waals surface area contributed by atoms with E-state index in [1.165, 1.54) is 0 Å². The fourth-order valence-electron chi connectivity index (χ4n) is 4.43. The number of nitrogens with zero attached hydrogens (tertiary/aromatic N) is 3. The van der Waals surface area contributed by atoms with Crippen molar-refractivity contribution < 1.29 is 9.53 Å². The van der Waals surface area contributed by atoms with E-state index in [4.69, 9.17) is 4.74 Å². The van der Waals surface area contributed by atoms with Gasteiger partial charge in [0.15, 0.2) is 0 Å². The van der Waals surface area contributed by atoms with Crippen LogP contribution in [-0.2, 0) is 9.53 Å². The van der Waals surface area contributed by atoms with Crippen LogP contribution in [0.15, 0.2) is 11.6 Å². The summed E-state index contributed by atoms with van der Waals surface area (Å²) in [5, 5.41) is 9.59. The highest BCUT2D eigenvalue weighted by molar-refractivity contribution is 5.98. The molecular weight excluding hydrogens is 290 g/mol. The number of nitriles is 1. The molecule has 2 bridgehead atoms. The van der Waals surface area contributed by atoms with Gasteiger partial charge in [0.25, 0.3) is 5.91 Å². The van der Waals surface area contributed by atoms with Crippen LogP contribution in [0.2, 0.25) is 0 Å². The van der Waals surface area contributed by atoms with E-state index in [1.807, 2.05) is 11.0 Å². The Kier molecular flexibility index (Phi) is 4.24. The highest BCUT2D eigenvalue weighted by Crippen LogP contribution is 2.46. The Balaban J connectivity index is 1.81. The first-order valence-electron chi connectivity index (χ1n) is 8.67. The molecule has 3 saturated heterocycles. The van der Waals surface area contributed by atoms with Gasteiger partial charge in [-0.05, 0) is 52.5 Å². The van der Waals surface area contributed by atoms with E-state index in [9.17, 15) is 10.1 Å². The van der Waals surface area contributed by atoms with E-state index in [0.717, 1.165) is 38.8 Å². The first-order chi connectivity index (χ1) is 10.9. The van der Waals surface area contributed by atoms with Crippen LogP contribution in [-0.4, -0.2) is 59.1 Å². The summed E-state index contributed by atoms with van der Waals surface area (Å²) in [5.74, 6) is -0.0728. The number of rotatable bonds is 3. The number of morpholine rings is 1. The topological polar surface area (TPSA) is 56.6 Å². The molecule has 0 spiro atoms. The Morgan fingerprint density at radius 1 is 1.30 bits per heavy atom. The SMILES string of the molecule is CC(C)(/C=C(\C#N)C(=O)N1C2CCC1(C)CC2)N1CCOCC1. The average Bonchev–Trinajstić information content (AvgIpc) is 3.05. The van der Waals surface area contributed by atoms with Gasteiger partial charge in [-0.2, -0.15) is 5.26 Å². The maximum absolute atomic E-state index is 13.0. The van der Waals surface area contributed by atoms with Crippen molar-refractivity contribution in [1.29, 1.82) is 5.26 Å². The van der Waals surface area contributed by atoms with Crippen molar-refractivity contribution in [2.75, 3.05) is 26.3 Å². The number of carbonyl (C=O) groups is 1. The minimum absolute atomic E-state index is 0.0409. The van der Waals surface area contributed by atoms with Gasteiger partial charge >= 0.3 is 0 Å². The second-order valence-corrected chi connectivity index (χ2v) is 7.83. The van der Waals surface area contributed by atoms with Crippen molar-refractivity contribution in [3.8, 4) is 6.07 Å². The normalized spacial score (nSPS) is 32.2. The van der Waals surface area contributed by atoms with Gasteiger partial charge in [-0.25, -0.2) is 0 Å². The van der Waals surface area contributed by atoms with Gasteiger partial charge in [-0.3, -0.25) is 9.69 Å². The van der Waals surface area contributed by atoms with Gasteiger partial charge in [-0.1, -0.05) is 0 Å². The summed E-state index contributed by atoms with van der Waals surface area (Å²) in [6.45, 7) is 9.39. The molecule has 0 saturated carbocycles. The first-order valence-corrected chi connectivity index (χ1v) is 8.67. The van der Waals surface area contributed by atoms with Crippen molar-refractivity contribution in [3.63, 3.8) is 0 Å². The molecule has 3 rings (SSSR count). The van der Waals surface area contributed by atoms with Crippen LogP contribution in [0, 0.1) is 11.3 Å². The number of hydrogen-bond acceptors (Lipinski definition) is 4. The maximum Gasteiger partial charge on any atom is 0.264 e. The molecule has 3 fully saturated rings. The highest BCUT2D eigenvalue weighted by Gasteiger charge is 2.51. The van der Waals surface area contributed by atoms with Gasteiger partial charge in [0.1, 0.15) is 11.6 Å². The van der Waals surface area contributed by atoms with Crippen LogP contribution in [0.25, 0.3) is 0 Å². The van der Waals surface area contributed by atoms with Gasteiger partial charge in [0.05, 0.1) is 13.2 Å². The van der Waals surface area contributed by atoms with E-state index in [-0.39, 0.29) is 17.0 Å². The minimum atomic E-state index is -0.315. The molecule has 126 valence electrons. The summed E-state index contributed by atoms with van der Waals surface area (Å²) in [5.41, 5.74) is -0.0631. The van der Waals surface area contributed by atoms with Crippen molar-refractivity contribution >= 4 is 5.91 Å². The Bertz CT molecular complexity index is 547. The lowest BCUT2D eigenvalue weighted by atomic mass is 9.90. The molecule has 3 heterocycles. The van der Waals surface area contributed by atoms with Crippen molar-refractivity contribution in [3.05, 3.63) is 11.6 Å². The van der Waals surface area contributed by atoms with Gasteiger partial charge in [0, 0.05) is 30.2 Å². The molecule has 0 radical (unpaired) electrons. The number of ether oxygens (including phenoxy) is 1. The first kappa shape index (κ1) is 16.5. The Labute approximate surface area is 138 Å². The lowest BCUT2D eigenvalue weighted by molar-refractivity contribution is -0.130. The molecule has 5 heteroatoms. The van der Waals surface area contributed by atoms with E-state index < -0.39 is 0 Å². The smallest absolute Gasteiger partial charge is 0.264 e. The van der Waals surface area contributed by atoms with Crippen LogP contribution in [0.4, 0.5) is 0 Å². The fraction of sp³-hybridized carbons (Fsp3) is 0.778. The molecule has 0 atom stereocenters. The molecule has 0 aromatic rings. The Morgan fingerprint density at radius 3 is 2.39 bits per heavy atom. The highest BCUT2D eigenvalue weighted by atomic mass is 16.5. The van der Waals surface area contributed by atoms with Crippen LogP contribution >= 0.6 is 0 Å². The average molecular weight is 317 g/mol. The fourth-order valence-corrected chi connectivity index (χ4v) is 4.43. The molecule has 1 amide bonds. The largest absolute Gasteiger partial charge is 0.379 e. The van der Waals surface area contributed by atoms with Crippen LogP contribution in [0.5, 0.6) is 0 Å². The zero-order chi connectivity index (χ0) is 16.7. The van der Waals surface area contributed by atoms with E-state index in [1.54, 1.807) is 0 Å². The summed E-state index contributed by atoms with van der Waals surface area (Å²) in [7, 11) is 0. The summed E-state index contributed by atoms with van der Waals surface area (Å²) >= 11 is 0. The number of hydrogen-bond donors (Lipinski definition) is 0. The predicted octanol–water partition coefficient (Wildman–Crippen LogP) is 2.09. The number of amides is 1. The molecule has 3 aliphatic rings. The monoisotopic (exact) mass is 317 g/mol. The molecule has 3 aliphatic heterocycles.